The van der Waals surface area contributed by atoms with Crippen LogP contribution >= 0.6 is 0 Å². The van der Waals surface area contributed by atoms with Crippen LogP contribution in [0.25, 0.3) is 12.2 Å². The zero-order valence-corrected chi connectivity index (χ0v) is 16.9. The first-order valence-corrected chi connectivity index (χ1v) is 17.8. The van der Waals surface area contributed by atoms with Crippen LogP contribution in [0.2, 0.25) is 13.1 Å². The topological polar surface area (TPSA) is 0 Å². The van der Waals surface area contributed by atoms with Crippen LogP contribution in [0.15, 0.2) is 55.1 Å². The molecule has 0 saturated heterocycles. The van der Waals surface area contributed by atoms with Crippen molar-refractivity contribution in [2.45, 2.75) is 25.9 Å². The van der Waals surface area contributed by atoms with Crippen molar-refractivity contribution in [3.8, 4) is 0 Å². The van der Waals surface area contributed by atoms with Gasteiger partial charge >= 0.3 is 142 Å². The predicted molar refractivity (Wildman–Crippen MR) is 95.1 cm³/mol. The molecule has 2 aliphatic rings. The maximum atomic E-state index is 2.59. The molecule has 2 heteroatoms. The minimum atomic E-state index is -1.60. The Hall–Kier alpha value is -0.980. The Balaban J connectivity index is 1.68. The first-order valence-electron chi connectivity index (χ1n) is 8.17. The first-order chi connectivity index (χ1) is 10.7. The van der Waals surface area contributed by atoms with Gasteiger partial charge in [0.05, 0.1) is 0 Å². The van der Waals surface area contributed by atoms with Crippen molar-refractivity contribution in [2.24, 2.45) is 0 Å². The monoisotopic (exact) mass is 379 g/mol. The molecule has 0 spiro atoms. The van der Waals surface area contributed by atoms with Crippen LogP contribution in [-0.2, 0) is 33.8 Å². The van der Waals surface area contributed by atoms with E-state index in [4.69, 9.17) is 0 Å². The van der Waals surface area contributed by atoms with Crippen molar-refractivity contribution >= 4 is 18.1 Å². The van der Waals surface area contributed by atoms with E-state index in [9.17, 15) is 0 Å². The van der Waals surface area contributed by atoms with Crippen molar-refractivity contribution in [2.75, 3.05) is 0 Å². The summed E-state index contributed by atoms with van der Waals surface area (Å²) in [7, 11) is 0. The second-order valence-corrected chi connectivity index (χ2v) is 26.1. The fraction of sp³-hybridized carbons (Fsp3) is 0.200. The van der Waals surface area contributed by atoms with Crippen molar-refractivity contribution in [1.82, 2.24) is 0 Å². The normalized spacial score (nSPS) is 15.4. The maximum absolute atomic E-state index is 2.59. The number of benzene rings is 2. The van der Waals surface area contributed by atoms with E-state index in [1.54, 1.807) is 11.1 Å². The summed E-state index contributed by atoms with van der Waals surface area (Å²) >= 11 is -1.60. The quantitative estimate of drug-likeness (QED) is 0.672. The van der Waals surface area contributed by atoms with Gasteiger partial charge in [0.25, 0.3) is 0 Å². The predicted octanol–water partition coefficient (Wildman–Crippen LogP) is 4.78. The van der Waals surface area contributed by atoms with E-state index >= 15 is 0 Å². The van der Waals surface area contributed by atoms with E-state index in [1.165, 1.54) is 24.0 Å². The number of hydrogen-bond acceptors (Lipinski definition) is 0. The molecule has 0 aliphatic heterocycles. The third kappa shape index (κ3) is 2.57. The molecule has 0 radical (unpaired) electrons. The molecule has 109 valence electrons. The van der Waals surface area contributed by atoms with E-state index < -0.39 is 26.8 Å². The van der Waals surface area contributed by atoms with E-state index in [-0.39, 0.29) is 0 Å². The summed E-state index contributed by atoms with van der Waals surface area (Å²) in [6.45, 7) is 5.17. The molecular weight excluding hydrogens is 360 g/mol. The summed E-state index contributed by atoms with van der Waals surface area (Å²) in [5, 5.41) is 0. The molecule has 0 amide bonds. The van der Waals surface area contributed by atoms with E-state index in [1.807, 2.05) is 6.56 Å². The summed E-state index contributed by atoms with van der Waals surface area (Å²) in [4.78, 5) is 0. The van der Waals surface area contributed by atoms with Gasteiger partial charge in [-0.05, 0) is 0 Å². The number of allylic oxidation sites excluding steroid dienone is 2. The van der Waals surface area contributed by atoms with Gasteiger partial charge in [-0.3, -0.25) is 0 Å². The molecule has 0 atom stereocenters. The average molecular weight is 381 g/mol. The Bertz CT molecular complexity index is 722. The molecular formula is C20H21SiZr. The molecule has 2 aromatic carbocycles. The van der Waals surface area contributed by atoms with Gasteiger partial charge in [0.2, 0.25) is 0 Å². The summed E-state index contributed by atoms with van der Waals surface area (Å²) in [5.41, 5.74) is 6.09. The Morgan fingerprint density at radius 2 is 1.18 bits per heavy atom. The van der Waals surface area contributed by atoms with E-state index in [2.05, 4.69) is 73.8 Å². The molecule has 0 saturated carbocycles. The van der Waals surface area contributed by atoms with Gasteiger partial charge in [0, 0.05) is 0 Å². The van der Waals surface area contributed by atoms with E-state index in [0.29, 0.717) is 0 Å². The molecule has 0 fully saturated rings. The molecule has 4 rings (SSSR count). The van der Waals surface area contributed by atoms with Crippen LogP contribution in [0, 0.1) is 0 Å². The van der Waals surface area contributed by atoms with Crippen LogP contribution in [0.3, 0.4) is 0 Å². The summed E-state index contributed by atoms with van der Waals surface area (Å²) in [6.07, 6.45) is 7.59. The molecule has 0 aromatic heterocycles. The van der Waals surface area contributed by atoms with Gasteiger partial charge in [-0.2, -0.15) is 0 Å². The molecule has 2 aromatic rings. The Morgan fingerprint density at radius 1 is 0.727 bits per heavy atom. The van der Waals surface area contributed by atoms with E-state index in [0.717, 1.165) is 0 Å². The SMILES string of the molecule is C[SiH](C)[Zr]([C]1=Cc2ccccc2C1)[C]1=Cc2ccccc2C1. The van der Waals surface area contributed by atoms with Crippen LogP contribution in [0.5, 0.6) is 0 Å². The number of rotatable bonds is 3. The van der Waals surface area contributed by atoms with Gasteiger partial charge in [0.1, 0.15) is 0 Å². The van der Waals surface area contributed by atoms with Gasteiger partial charge in [-0.1, -0.05) is 0 Å². The number of hydrogen-bond donors (Lipinski definition) is 0. The Labute approximate surface area is 141 Å². The van der Waals surface area contributed by atoms with Crippen molar-refractivity contribution in [3.05, 3.63) is 77.3 Å². The third-order valence-corrected chi connectivity index (χ3v) is 23.8. The minimum absolute atomic E-state index is 0.594. The molecule has 0 unspecified atom stereocenters. The zero-order valence-electron chi connectivity index (χ0n) is 13.3. The van der Waals surface area contributed by atoms with Crippen LogP contribution in [-0.4, -0.2) is 5.92 Å². The number of fused-ring (bicyclic) bond motifs is 2. The first kappa shape index (κ1) is 14.6. The molecule has 0 bridgehead atoms. The Morgan fingerprint density at radius 3 is 1.59 bits per heavy atom. The van der Waals surface area contributed by atoms with Gasteiger partial charge in [0.15, 0.2) is 0 Å². The van der Waals surface area contributed by atoms with Gasteiger partial charge in [-0.15, -0.1) is 0 Å². The fourth-order valence-corrected chi connectivity index (χ4v) is 22.9. The Kier molecular flexibility index (Phi) is 3.92. The molecule has 0 heterocycles. The summed E-state index contributed by atoms with van der Waals surface area (Å²) in [5.74, 6) is -0.594. The molecule has 2 aliphatic carbocycles. The van der Waals surface area contributed by atoms with Gasteiger partial charge < -0.3 is 0 Å². The average Bonchev–Trinajstić information content (AvgIpc) is 3.09. The molecule has 0 nitrogen and oxygen atoms in total. The fourth-order valence-electron chi connectivity index (χ4n) is 3.85. The molecule has 22 heavy (non-hydrogen) atoms. The van der Waals surface area contributed by atoms with Crippen LogP contribution < -0.4 is 0 Å². The second-order valence-electron chi connectivity index (χ2n) is 6.66. The zero-order chi connectivity index (χ0) is 15.1. The molecule has 0 N–H and O–H groups in total. The van der Waals surface area contributed by atoms with Crippen LogP contribution in [0.4, 0.5) is 0 Å². The van der Waals surface area contributed by atoms with Crippen molar-refractivity contribution < 1.29 is 20.9 Å². The van der Waals surface area contributed by atoms with Crippen molar-refractivity contribution in [1.29, 1.82) is 0 Å². The van der Waals surface area contributed by atoms with Crippen LogP contribution in [0.1, 0.15) is 22.3 Å². The summed E-state index contributed by atoms with van der Waals surface area (Å²) < 4.78 is 3.70. The van der Waals surface area contributed by atoms with Crippen molar-refractivity contribution in [3.63, 3.8) is 0 Å². The third-order valence-electron chi connectivity index (χ3n) is 4.80. The summed E-state index contributed by atoms with van der Waals surface area (Å²) in [6, 6.07) is 18.0. The second kappa shape index (κ2) is 5.91. The van der Waals surface area contributed by atoms with Gasteiger partial charge in [-0.25, -0.2) is 0 Å². The standard InChI is InChI=1S/2C9H7.C2H7Si.Zr/c2*1-2-5-9-7-3-6-8(9)4-1;1-3-2;/h2*1-2,4-6H,7H2;3H,1-2H3;.